The Balaban J connectivity index is 1.46. The largest absolute Gasteiger partial charge is 0.310 e. The zero-order chi connectivity index (χ0) is 31.7. The van der Waals surface area contributed by atoms with Crippen molar-refractivity contribution in [3.8, 4) is 0 Å². The molecule has 0 aliphatic rings. The Labute approximate surface area is 275 Å². The normalized spacial score (nSPS) is 11.1. The third-order valence-corrected chi connectivity index (χ3v) is 8.88. The zero-order valence-electron chi connectivity index (χ0n) is 26.0. The Morgan fingerprint density at radius 1 is 0.383 bits per heavy atom. The van der Waals surface area contributed by atoms with Crippen molar-refractivity contribution >= 4 is 72.1 Å². The van der Waals surface area contributed by atoms with Crippen LogP contribution in [0.2, 0.25) is 0 Å². The number of para-hydroxylation sites is 2. The molecule has 47 heavy (non-hydrogen) atoms. The molecule has 0 heterocycles. The molecule has 0 aliphatic carbocycles. The minimum absolute atomic E-state index is 0.625. The van der Waals surface area contributed by atoms with Crippen LogP contribution in [0.4, 0.5) is 39.8 Å². The number of aryl methyl sites for hydroxylation is 1. The van der Waals surface area contributed by atoms with E-state index in [0.717, 1.165) is 39.5 Å². The summed E-state index contributed by atoms with van der Waals surface area (Å²) in [4.78, 5) is 8.32. The van der Waals surface area contributed by atoms with Crippen molar-refractivity contribution in [2.75, 3.05) is 9.80 Å². The van der Waals surface area contributed by atoms with Gasteiger partial charge in [0.15, 0.2) is 5.69 Å². The molecule has 0 aromatic heterocycles. The molecule has 0 aliphatic heterocycles. The fraction of sp³-hybridized carbons (Fsp3) is 0.0227. The van der Waals surface area contributed by atoms with E-state index in [9.17, 15) is 0 Å². The molecule has 0 saturated carbocycles. The number of rotatable bonds is 6. The average Bonchev–Trinajstić information content (AvgIpc) is 3.14. The molecule has 0 saturated heterocycles. The van der Waals surface area contributed by atoms with E-state index in [1.54, 1.807) is 0 Å². The first-order valence-electron chi connectivity index (χ1n) is 15.8. The van der Waals surface area contributed by atoms with Crippen molar-refractivity contribution in [1.29, 1.82) is 0 Å². The molecule has 8 rings (SSSR count). The fourth-order valence-electron chi connectivity index (χ4n) is 6.66. The number of hydrogen-bond donors (Lipinski definition) is 0. The second-order valence-electron chi connectivity index (χ2n) is 11.8. The summed E-state index contributed by atoms with van der Waals surface area (Å²) >= 11 is 0. The molecule has 0 spiro atoms. The maximum absolute atomic E-state index is 7.50. The Hall–Kier alpha value is -6.37. The average molecular weight is 602 g/mol. The van der Waals surface area contributed by atoms with Gasteiger partial charge in [-0.1, -0.05) is 115 Å². The highest BCUT2D eigenvalue weighted by Crippen LogP contribution is 2.47. The van der Waals surface area contributed by atoms with E-state index in [-0.39, 0.29) is 0 Å². The van der Waals surface area contributed by atoms with Crippen LogP contribution in [0.1, 0.15) is 5.56 Å². The Kier molecular flexibility index (Phi) is 7.09. The lowest BCUT2D eigenvalue weighted by Crippen LogP contribution is -2.11. The second kappa shape index (κ2) is 11.9. The van der Waals surface area contributed by atoms with Gasteiger partial charge in [0.05, 0.1) is 17.9 Å². The van der Waals surface area contributed by atoms with Crippen LogP contribution >= 0.6 is 0 Å². The van der Waals surface area contributed by atoms with E-state index in [1.165, 1.54) is 32.5 Å². The van der Waals surface area contributed by atoms with Crippen LogP contribution in [0, 0.1) is 13.5 Å². The van der Waals surface area contributed by atoms with Gasteiger partial charge in [-0.05, 0) is 89.1 Å². The fourth-order valence-corrected chi connectivity index (χ4v) is 6.66. The summed E-state index contributed by atoms with van der Waals surface area (Å²) < 4.78 is 0. The predicted molar refractivity (Wildman–Crippen MR) is 199 cm³/mol. The number of benzene rings is 8. The van der Waals surface area contributed by atoms with Gasteiger partial charge < -0.3 is 9.80 Å². The SMILES string of the molecule is [C-]#[N+]c1ccc(N(c2ccccc2)c2cc3c4ccccc4c(N(c4ccccc4)c4ccc(C)cc4)cc3c3ccccc23)cc1. The minimum Gasteiger partial charge on any atom is -0.310 e. The Bertz CT molecular complexity index is 2410. The summed E-state index contributed by atoms with van der Waals surface area (Å²) in [6, 6.07) is 59.9. The molecule has 0 radical (unpaired) electrons. The lowest BCUT2D eigenvalue weighted by molar-refractivity contribution is 1.29. The molecule has 0 N–H and O–H groups in total. The van der Waals surface area contributed by atoms with Gasteiger partial charge in [0.25, 0.3) is 0 Å². The molecule has 0 atom stereocenters. The summed E-state index contributed by atoms with van der Waals surface area (Å²) in [5, 5.41) is 7.09. The van der Waals surface area contributed by atoms with Crippen LogP contribution in [0.5, 0.6) is 0 Å². The van der Waals surface area contributed by atoms with Gasteiger partial charge in [0, 0.05) is 33.5 Å². The summed E-state index contributed by atoms with van der Waals surface area (Å²) in [7, 11) is 0. The van der Waals surface area contributed by atoms with Gasteiger partial charge in [-0.25, -0.2) is 4.85 Å². The lowest BCUT2D eigenvalue weighted by atomic mass is 9.93. The zero-order valence-corrected chi connectivity index (χ0v) is 26.0. The van der Waals surface area contributed by atoms with E-state index in [0.29, 0.717) is 5.69 Å². The molecular weight excluding hydrogens is 571 g/mol. The lowest BCUT2D eigenvalue weighted by Gasteiger charge is -2.30. The van der Waals surface area contributed by atoms with Crippen molar-refractivity contribution in [1.82, 2.24) is 0 Å². The Morgan fingerprint density at radius 2 is 0.745 bits per heavy atom. The van der Waals surface area contributed by atoms with Crippen molar-refractivity contribution in [3.63, 3.8) is 0 Å². The van der Waals surface area contributed by atoms with Crippen molar-refractivity contribution < 1.29 is 0 Å². The third kappa shape index (κ3) is 5.03. The van der Waals surface area contributed by atoms with Crippen LogP contribution in [0.3, 0.4) is 0 Å². The highest BCUT2D eigenvalue weighted by atomic mass is 15.1. The van der Waals surface area contributed by atoms with E-state index in [1.807, 2.05) is 30.3 Å². The van der Waals surface area contributed by atoms with Crippen molar-refractivity contribution in [2.45, 2.75) is 6.92 Å². The summed E-state index contributed by atoms with van der Waals surface area (Å²) in [5.41, 5.74) is 8.37. The van der Waals surface area contributed by atoms with E-state index >= 15 is 0 Å². The monoisotopic (exact) mass is 601 g/mol. The van der Waals surface area contributed by atoms with E-state index in [4.69, 9.17) is 6.57 Å². The number of anilines is 6. The topological polar surface area (TPSA) is 10.8 Å². The van der Waals surface area contributed by atoms with Crippen LogP contribution in [-0.2, 0) is 0 Å². The van der Waals surface area contributed by atoms with Crippen molar-refractivity contribution in [3.05, 3.63) is 187 Å². The molecule has 0 amide bonds. The van der Waals surface area contributed by atoms with Gasteiger partial charge in [-0.3, -0.25) is 0 Å². The van der Waals surface area contributed by atoms with Crippen molar-refractivity contribution in [2.24, 2.45) is 0 Å². The minimum atomic E-state index is 0.625. The first-order chi connectivity index (χ1) is 23.2. The van der Waals surface area contributed by atoms with Crippen LogP contribution < -0.4 is 9.80 Å². The van der Waals surface area contributed by atoms with Gasteiger partial charge in [0.1, 0.15) is 0 Å². The Morgan fingerprint density at radius 3 is 1.17 bits per heavy atom. The van der Waals surface area contributed by atoms with E-state index in [2.05, 4.69) is 161 Å². The summed E-state index contributed by atoms with van der Waals surface area (Å²) in [6.45, 7) is 9.63. The predicted octanol–water partition coefficient (Wildman–Crippen LogP) is 12.9. The molecule has 0 fully saturated rings. The molecule has 0 bridgehead atoms. The van der Waals surface area contributed by atoms with Gasteiger partial charge >= 0.3 is 0 Å². The third-order valence-electron chi connectivity index (χ3n) is 8.88. The van der Waals surface area contributed by atoms with Gasteiger partial charge in [0.2, 0.25) is 0 Å². The first-order valence-corrected chi connectivity index (χ1v) is 15.8. The molecular formula is C44H31N3. The summed E-state index contributed by atoms with van der Waals surface area (Å²) in [5.74, 6) is 0. The molecule has 0 unspecified atom stereocenters. The number of fused-ring (bicyclic) bond motifs is 5. The first kappa shape index (κ1) is 28.1. The molecule has 3 nitrogen and oxygen atoms in total. The molecule has 222 valence electrons. The number of nitrogens with zero attached hydrogens (tertiary/aromatic N) is 3. The molecule has 3 heteroatoms. The quantitative estimate of drug-likeness (QED) is 0.139. The standard InChI is InChI=1S/C44H31N3/c1-31-21-25-35(26-22-31)46(33-13-5-3-6-14-33)43-29-41-38-18-10-12-20-40(38)44(30-42(41)37-17-9-11-19-39(37)43)47(34-15-7-4-8-16-34)36-27-23-32(45-2)24-28-36/h3-30H,1H3. The maximum Gasteiger partial charge on any atom is 0.187 e. The highest BCUT2D eigenvalue weighted by Gasteiger charge is 2.21. The second-order valence-corrected chi connectivity index (χ2v) is 11.8. The van der Waals surface area contributed by atoms with Gasteiger partial charge in [-0.15, -0.1) is 0 Å². The number of hydrogen-bond acceptors (Lipinski definition) is 2. The van der Waals surface area contributed by atoms with Crippen LogP contribution in [-0.4, -0.2) is 0 Å². The summed E-state index contributed by atoms with van der Waals surface area (Å²) in [6.07, 6.45) is 0. The van der Waals surface area contributed by atoms with Crippen LogP contribution in [0.25, 0.3) is 37.2 Å². The molecule has 8 aromatic rings. The molecule has 8 aromatic carbocycles. The highest BCUT2D eigenvalue weighted by molar-refractivity contribution is 6.24. The smallest absolute Gasteiger partial charge is 0.187 e. The van der Waals surface area contributed by atoms with Gasteiger partial charge in [-0.2, -0.15) is 0 Å². The van der Waals surface area contributed by atoms with E-state index < -0.39 is 0 Å². The van der Waals surface area contributed by atoms with Crippen LogP contribution in [0.15, 0.2) is 170 Å². The maximum atomic E-state index is 7.50.